The third kappa shape index (κ3) is 5.18. The molecule has 0 saturated heterocycles. The lowest BCUT2D eigenvalue weighted by Crippen LogP contribution is -2.24. The molecule has 0 unspecified atom stereocenters. The number of amides is 1. The van der Waals surface area contributed by atoms with E-state index in [0.717, 1.165) is 19.3 Å². The Hall–Kier alpha value is -2.18. The summed E-state index contributed by atoms with van der Waals surface area (Å²) in [4.78, 5) is 12.3. The van der Waals surface area contributed by atoms with Crippen LogP contribution in [0.15, 0.2) is 59.5 Å². The topological polar surface area (TPSA) is 75.3 Å². The largest absolute Gasteiger partial charge is 0.322 e. The van der Waals surface area contributed by atoms with E-state index >= 15 is 0 Å². The number of para-hydroxylation sites is 1. The summed E-state index contributed by atoms with van der Waals surface area (Å²) in [5.41, 5.74) is 1.10. The van der Waals surface area contributed by atoms with Gasteiger partial charge < -0.3 is 5.32 Å². The van der Waals surface area contributed by atoms with Crippen LogP contribution in [-0.4, -0.2) is 20.9 Å². The molecule has 0 radical (unpaired) electrons. The van der Waals surface area contributed by atoms with Crippen molar-refractivity contribution in [1.29, 1.82) is 0 Å². The van der Waals surface area contributed by atoms with Gasteiger partial charge in [0.05, 0.1) is 4.90 Å². The van der Waals surface area contributed by atoms with Crippen LogP contribution in [0.1, 0.15) is 36.5 Å². The summed E-state index contributed by atoms with van der Waals surface area (Å²) in [5, 5.41) is 2.76. The third-order valence-electron chi connectivity index (χ3n) is 3.53. The zero-order valence-electron chi connectivity index (χ0n) is 13.7. The van der Waals surface area contributed by atoms with Crippen molar-refractivity contribution in [1.82, 2.24) is 4.72 Å². The summed E-state index contributed by atoms with van der Waals surface area (Å²) in [5.74, 6) is -0.277. The predicted molar refractivity (Wildman–Crippen MR) is 95.6 cm³/mol. The minimum absolute atomic E-state index is 0.162. The van der Waals surface area contributed by atoms with Gasteiger partial charge in [-0.2, -0.15) is 0 Å². The second kappa shape index (κ2) is 8.61. The van der Waals surface area contributed by atoms with Crippen LogP contribution < -0.4 is 10.0 Å². The number of carbonyl (C=O) groups is 1. The Labute approximate surface area is 143 Å². The Morgan fingerprint density at radius 3 is 2.25 bits per heavy atom. The van der Waals surface area contributed by atoms with Crippen molar-refractivity contribution in [3.8, 4) is 0 Å². The first-order chi connectivity index (χ1) is 11.5. The zero-order chi connectivity index (χ0) is 17.4. The second-order valence-corrected chi connectivity index (χ2v) is 7.22. The van der Waals surface area contributed by atoms with Crippen molar-refractivity contribution in [2.24, 2.45) is 0 Å². The van der Waals surface area contributed by atoms with Gasteiger partial charge in [-0.1, -0.05) is 38.0 Å². The van der Waals surface area contributed by atoms with E-state index in [0.29, 0.717) is 17.8 Å². The smallest absolute Gasteiger partial charge is 0.255 e. The van der Waals surface area contributed by atoms with Crippen molar-refractivity contribution in [2.45, 2.75) is 31.1 Å². The average Bonchev–Trinajstić information content (AvgIpc) is 2.60. The Bertz CT molecular complexity index is 757. The molecule has 2 aromatic rings. The second-order valence-electron chi connectivity index (χ2n) is 5.45. The van der Waals surface area contributed by atoms with Crippen molar-refractivity contribution in [3.05, 3.63) is 60.2 Å². The predicted octanol–water partition coefficient (Wildman–Crippen LogP) is 3.41. The first-order valence-corrected chi connectivity index (χ1v) is 9.47. The van der Waals surface area contributed by atoms with Crippen molar-refractivity contribution in [3.63, 3.8) is 0 Å². The van der Waals surface area contributed by atoms with E-state index in [2.05, 4.69) is 17.0 Å². The molecule has 0 bridgehead atoms. The molecule has 2 N–H and O–H groups in total. The van der Waals surface area contributed by atoms with Gasteiger partial charge in [0, 0.05) is 17.8 Å². The van der Waals surface area contributed by atoms with Crippen LogP contribution in [0, 0.1) is 0 Å². The number of nitrogens with one attached hydrogen (secondary N) is 2. The summed E-state index contributed by atoms with van der Waals surface area (Å²) >= 11 is 0. The van der Waals surface area contributed by atoms with Crippen molar-refractivity contribution >= 4 is 21.6 Å². The standard InChI is InChI=1S/C18H22N2O3S/c1-2-3-7-14-19-24(22,23)17-12-10-15(11-13-17)18(21)20-16-8-5-4-6-9-16/h4-6,8-13,19H,2-3,7,14H2,1H3,(H,20,21). The number of anilines is 1. The lowest BCUT2D eigenvalue weighted by molar-refractivity contribution is 0.102. The fourth-order valence-corrected chi connectivity index (χ4v) is 3.25. The SMILES string of the molecule is CCCCCNS(=O)(=O)c1ccc(C(=O)Nc2ccccc2)cc1. The lowest BCUT2D eigenvalue weighted by Gasteiger charge is -2.08. The zero-order valence-corrected chi connectivity index (χ0v) is 14.5. The number of unbranched alkanes of at least 4 members (excludes halogenated alkanes) is 2. The molecule has 1 amide bonds. The summed E-state index contributed by atoms with van der Waals surface area (Å²) in [6, 6.07) is 15.0. The van der Waals surface area contributed by atoms with E-state index in [1.807, 2.05) is 18.2 Å². The van der Waals surface area contributed by atoms with Crippen LogP contribution in [0.25, 0.3) is 0 Å². The maximum atomic E-state index is 12.2. The summed E-state index contributed by atoms with van der Waals surface area (Å²) in [6.45, 7) is 2.49. The molecule has 5 nitrogen and oxygen atoms in total. The fraction of sp³-hybridized carbons (Fsp3) is 0.278. The molecule has 0 atom stereocenters. The van der Waals surface area contributed by atoms with E-state index in [1.54, 1.807) is 12.1 Å². The highest BCUT2D eigenvalue weighted by atomic mass is 32.2. The molecular weight excluding hydrogens is 324 g/mol. The Morgan fingerprint density at radius 2 is 1.62 bits per heavy atom. The average molecular weight is 346 g/mol. The molecule has 0 saturated carbocycles. The van der Waals surface area contributed by atoms with Crippen LogP contribution in [-0.2, 0) is 10.0 Å². The summed E-state index contributed by atoms with van der Waals surface area (Å²) < 4.78 is 26.9. The van der Waals surface area contributed by atoms with Gasteiger partial charge in [-0.05, 0) is 42.8 Å². The lowest BCUT2D eigenvalue weighted by atomic mass is 10.2. The number of hydrogen-bond donors (Lipinski definition) is 2. The molecule has 2 rings (SSSR count). The molecule has 0 aliphatic carbocycles. The van der Waals surface area contributed by atoms with Crippen LogP contribution in [0.4, 0.5) is 5.69 Å². The summed E-state index contributed by atoms with van der Waals surface area (Å²) in [7, 11) is -3.52. The van der Waals surface area contributed by atoms with Gasteiger partial charge in [-0.3, -0.25) is 4.79 Å². The highest BCUT2D eigenvalue weighted by molar-refractivity contribution is 7.89. The number of rotatable bonds is 8. The van der Waals surface area contributed by atoms with E-state index in [1.165, 1.54) is 24.3 Å². The molecular formula is C18H22N2O3S. The van der Waals surface area contributed by atoms with Crippen LogP contribution >= 0.6 is 0 Å². The van der Waals surface area contributed by atoms with Gasteiger partial charge in [-0.25, -0.2) is 13.1 Å². The van der Waals surface area contributed by atoms with E-state index in [9.17, 15) is 13.2 Å². The van der Waals surface area contributed by atoms with Gasteiger partial charge in [0.2, 0.25) is 10.0 Å². The Balaban J connectivity index is 2.00. The highest BCUT2D eigenvalue weighted by Crippen LogP contribution is 2.13. The van der Waals surface area contributed by atoms with Crippen LogP contribution in [0.2, 0.25) is 0 Å². The normalized spacial score (nSPS) is 11.2. The first-order valence-electron chi connectivity index (χ1n) is 7.99. The van der Waals surface area contributed by atoms with Crippen molar-refractivity contribution < 1.29 is 13.2 Å². The molecule has 6 heteroatoms. The highest BCUT2D eigenvalue weighted by Gasteiger charge is 2.14. The molecule has 0 heterocycles. The van der Waals surface area contributed by atoms with Gasteiger partial charge >= 0.3 is 0 Å². The fourth-order valence-electron chi connectivity index (χ4n) is 2.18. The minimum Gasteiger partial charge on any atom is -0.322 e. The number of hydrogen-bond acceptors (Lipinski definition) is 3. The molecule has 0 aliphatic rings. The maximum absolute atomic E-state index is 12.2. The van der Waals surface area contributed by atoms with Crippen LogP contribution in [0.3, 0.4) is 0 Å². The van der Waals surface area contributed by atoms with Crippen LogP contribution in [0.5, 0.6) is 0 Å². The van der Waals surface area contributed by atoms with Gasteiger partial charge in [0.1, 0.15) is 0 Å². The van der Waals surface area contributed by atoms with E-state index in [4.69, 9.17) is 0 Å². The van der Waals surface area contributed by atoms with E-state index < -0.39 is 10.0 Å². The number of benzene rings is 2. The van der Waals surface area contributed by atoms with Gasteiger partial charge in [0.25, 0.3) is 5.91 Å². The Kier molecular flexibility index (Phi) is 6.52. The quantitative estimate of drug-likeness (QED) is 0.719. The number of sulfonamides is 1. The number of carbonyl (C=O) groups excluding carboxylic acids is 1. The maximum Gasteiger partial charge on any atom is 0.255 e. The summed E-state index contributed by atoms with van der Waals surface area (Å²) in [6.07, 6.45) is 2.83. The van der Waals surface area contributed by atoms with Gasteiger partial charge in [0.15, 0.2) is 0 Å². The third-order valence-corrected chi connectivity index (χ3v) is 5.01. The molecule has 0 fully saturated rings. The first kappa shape index (κ1) is 18.2. The molecule has 128 valence electrons. The molecule has 0 aromatic heterocycles. The van der Waals surface area contributed by atoms with Crippen molar-refractivity contribution in [2.75, 3.05) is 11.9 Å². The van der Waals surface area contributed by atoms with E-state index in [-0.39, 0.29) is 10.8 Å². The molecule has 0 aliphatic heterocycles. The molecule has 24 heavy (non-hydrogen) atoms. The monoisotopic (exact) mass is 346 g/mol. The van der Waals surface area contributed by atoms with Gasteiger partial charge in [-0.15, -0.1) is 0 Å². The minimum atomic E-state index is -3.52. The molecule has 2 aromatic carbocycles. The molecule has 0 spiro atoms. The Morgan fingerprint density at radius 1 is 0.958 bits per heavy atom.